The number of aromatic nitrogens is 1. The number of hydrogen-bond donors (Lipinski definition) is 1. The minimum absolute atomic E-state index is 0.201. The van der Waals surface area contributed by atoms with Crippen LogP contribution in [0.15, 0.2) is 72.8 Å². The van der Waals surface area contributed by atoms with E-state index in [0.717, 1.165) is 23.3 Å². The van der Waals surface area contributed by atoms with Gasteiger partial charge in [-0.2, -0.15) is 13.2 Å². The molecule has 32 heavy (non-hydrogen) atoms. The molecular formula is C24H23ClF3N3O. The van der Waals surface area contributed by atoms with Crippen molar-refractivity contribution in [3.8, 4) is 0 Å². The Morgan fingerprint density at radius 3 is 2.31 bits per heavy atom. The van der Waals surface area contributed by atoms with Gasteiger partial charge in [0.2, 0.25) is 5.91 Å². The van der Waals surface area contributed by atoms with E-state index in [2.05, 4.69) is 10.3 Å². The number of alkyl halides is 3. The minimum atomic E-state index is -4.36. The molecule has 0 aliphatic rings. The van der Waals surface area contributed by atoms with Crippen molar-refractivity contribution in [3.05, 3.63) is 94.6 Å². The van der Waals surface area contributed by atoms with Crippen molar-refractivity contribution < 1.29 is 18.0 Å². The van der Waals surface area contributed by atoms with E-state index in [0.29, 0.717) is 30.4 Å². The number of aryl methyl sites for hydroxylation is 1. The molecule has 0 unspecified atom stereocenters. The number of hydrogen-bond acceptors (Lipinski definition) is 3. The van der Waals surface area contributed by atoms with E-state index in [4.69, 9.17) is 11.6 Å². The molecule has 1 heterocycles. The summed E-state index contributed by atoms with van der Waals surface area (Å²) >= 11 is 6.10. The Morgan fingerprint density at radius 2 is 1.72 bits per heavy atom. The number of likely N-dealkylation sites (N-methyl/N-ethyl adjacent to an activating group) is 1. The first-order valence-electron chi connectivity index (χ1n) is 10.1. The molecule has 0 saturated carbocycles. The maximum absolute atomic E-state index is 12.9. The molecule has 0 bridgehead atoms. The number of pyridine rings is 1. The van der Waals surface area contributed by atoms with Crippen molar-refractivity contribution in [1.82, 2.24) is 10.3 Å². The Hall–Kier alpha value is -3.06. The molecule has 8 heteroatoms. The van der Waals surface area contributed by atoms with E-state index in [-0.39, 0.29) is 5.91 Å². The number of amides is 1. The van der Waals surface area contributed by atoms with Gasteiger partial charge in [0, 0.05) is 13.6 Å². The monoisotopic (exact) mass is 461 g/mol. The summed E-state index contributed by atoms with van der Waals surface area (Å²) in [6.45, 7) is 0.446. The lowest BCUT2D eigenvalue weighted by Gasteiger charge is -2.32. The maximum Gasteiger partial charge on any atom is 0.416 e. The van der Waals surface area contributed by atoms with E-state index in [1.807, 2.05) is 35.2 Å². The first kappa shape index (κ1) is 23.6. The Morgan fingerprint density at radius 1 is 1.03 bits per heavy atom. The topological polar surface area (TPSA) is 45.2 Å². The molecule has 0 aliphatic carbocycles. The molecule has 0 radical (unpaired) electrons. The summed E-state index contributed by atoms with van der Waals surface area (Å²) in [7, 11) is 1.57. The normalized spacial score (nSPS) is 12.3. The Kier molecular flexibility index (Phi) is 7.75. The molecule has 168 valence electrons. The smallest absolute Gasteiger partial charge is 0.357 e. The van der Waals surface area contributed by atoms with Crippen molar-refractivity contribution in [2.75, 3.05) is 18.5 Å². The van der Waals surface area contributed by atoms with E-state index in [1.165, 1.54) is 12.1 Å². The zero-order chi connectivity index (χ0) is 23.1. The molecule has 3 rings (SSSR count). The second-order valence-electron chi connectivity index (χ2n) is 7.24. The zero-order valence-electron chi connectivity index (χ0n) is 17.4. The predicted molar refractivity (Wildman–Crippen MR) is 120 cm³/mol. The van der Waals surface area contributed by atoms with Crippen LogP contribution in [0.5, 0.6) is 0 Å². The Labute approximate surface area is 190 Å². The van der Waals surface area contributed by atoms with Crippen LogP contribution in [-0.4, -0.2) is 24.5 Å². The number of nitrogens with zero attached hydrogens (tertiary/aromatic N) is 2. The van der Waals surface area contributed by atoms with Crippen LogP contribution in [0.2, 0.25) is 5.15 Å². The fourth-order valence-electron chi connectivity index (χ4n) is 3.49. The highest BCUT2D eigenvalue weighted by Gasteiger charge is 2.30. The Bertz CT molecular complexity index is 1030. The van der Waals surface area contributed by atoms with Crippen LogP contribution < -0.4 is 10.2 Å². The maximum atomic E-state index is 12.9. The molecule has 1 aromatic heterocycles. The SMILES string of the molecule is CNC(=O)[C@H](c1ccccc1)N(CCCc1ccc(C(F)(F)F)cc1)c1cccc(Cl)n1. The molecule has 0 fully saturated rings. The standard InChI is InChI=1S/C24H23ClF3N3O/c1-29-23(32)22(18-8-3-2-4-9-18)31(21-11-5-10-20(25)30-21)16-6-7-17-12-14-19(15-13-17)24(26,27)28/h2-5,8-15,22H,6-7,16H2,1H3,(H,29,32)/t22-/m0/s1. The molecule has 0 spiro atoms. The third kappa shape index (κ3) is 6.01. The van der Waals surface area contributed by atoms with Gasteiger partial charge in [-0.3, -0.25) is 4.79 Å². The molecule has 1 amide bonds. The van der Waals surface area contributed by atoms with Gasteiger partial charge in [-0.25, -0.2) is 4.98 Å². The van der Waals surface area contributed by atoms with Crippen LogP contribution in [0.1, 0.15) is 29.2 Å². The summed E-state index contributed by atoms with van der Waals surface area (Å²) in [4.78, 5) is 19.1. The lowest BCUT2D eigenvalue weighted by molar-refractivity contribution is -0.137. The zero-order valence-corrected chi connectivity index (χ0v) is 18.2. The second-order valence-corrected chi connectivity index (χ2v) is 7.62. The van der Waals surface area contributed by atoms with Crippen LogP contribution in [0.4, 0.5) is 19.0 Å². The van der Waals surface area contributed by atoms with Crippen LogP contribution in [0, 0.1) is 0 Å². The van der Waals surface area contributed by atoms with Crippen LogP contribution >= 0.6 is 11.6 Å². The van der Waals surface area contributed by atoms with E-state index < -0.39 is 17.8 Å². The molecule has 4 nitrogen and oxygen atoms in total. The molecule has 2 aromatic carbocycles. The summed E-state index contributed by atoms with van der Waals surface area (Å²) in [5.74, 6) is 0.342. The quantitative estimate of drug-likeness (QED) is 0.439. The van der Waals surface area contributed by atoms with Crippen molar-refractivity contribution in [2.45, 2.75) is 25.1 Å². The number of rotatable bonds is 8. The van der Waals surface area contributed by atoms with E-state index >= 15 is 0 Å². The van der Waals surface area contributed by atoms with E-state index in [9.17, 15) is 18.0 Å². The van der Waals surface area contributed by atoms with Crippen molar-refractivity contribution in [2.24, 2.45) is 0 Å². The largest absolute Gasteiger partial charge is 0.416 e. The van der Waals surface area contributed by atoms with Gasteiger partial charge >= 0.3 is 6.18 Å². The van der Waals surface area contributed by atoms with E-state index in [1.54, 1.807) is 25.2 Å². The lowest BCUT2D eigenvalue weighted by Crippen LogP contribution is -2.40. The third-order valence-corrected chi connectivity index (χ3v) is 5.27. The fourth-order valence-corrected chi connectivity index (χ4v) is 3.65. The first-order valence-corrected chi connectivity index (χ1v) is 10.5. The van der Waals surface area contributed by atoms with Crippen molar-refractivity contribution in [3.63, 3.8) is 0 Å². The summed E-state index contributed by atoms with van der Waals surface area (Å²) in [6.07, 6.45) is -3.21. The van der Waals surface area contributed by atoms with Gasteiger partial charge in [0.1, 0.15) is 17.0 Å². The van der Waals surface area contributed by atoms with Gasteiger partial charge in [-0.15, -0.1) is 0 Å². The highest BCUT2D eigenvalue weighted by atomic mass is 35.5. The summed E-state index contributed by atoms with van der Waals surface area (Å²) in [5, 5.41) is 3.01. The molecule has 3 aromatic rings. The average molecular weight is 462 g/mol. The molecule has 0 saturated heterocycles. The van der Waals surface area contributed by atoms with Gasteiger partial charge < -0.3 is 10.2 Å². The summed E-state index contributed by atoms with van der Waals surface area (Å²) in [5.41, 5.74) is 0.908. The number of halogens is 4. The lowest BCUT2D eigenvalue weighted by atomic mass is 10.0. The highest BCUT2D eigenvalue weighted by Crippen LogP contribution is 2.30. The van der Waals surface area contributed by atoms with Crippen LogP contribution in [0.3, 0.4) is 0 Å². The Balaban J connectivity index is 1.84. The highest BCUT2D eigenvalue weighted by molar-refractivity contribution is 6.29. The number of nitrogens with one attached hydrogen (secondary N) is 1. The van der Waals surface area contributed by atoms with Crippen molar-refractivity contribution in [1.29, 1.82) is 0 Å². The number of anilines is 1. The predicted octanol–water partition coefficient (Wildman–Crippen LogP) is 5.68. The van der Waals surface area contributed by atoms with Gasteiger partial charge in [0.25, 0.3) is 0 Å². The second kappa shape index (κ2) is 10.5. The van der Waals surface area contributed by atoms with Gasteiger partial charge in [0.05, 0.1) is 5.56 Å². The minimum Gasteiger partial charge on any atom is -0.357 e. The van der Waals surface area contributed by atoms with Crippen LogP contribution in [0.25, 0.3) is 0 Å². The molecular weight excluding hydrogens is 439 g/mol. The number of carbonyl (C=O) groups excluding carboxylic acids is 1. The summed E-state index contributed by atoms with van der Waals surface area (Å²) in [6, 6.07) is 19.0. The van der Waals surface area contributed by atoms with Gasteiger partial charge in [0.15, 0.2) is 0 Å². The number of benzene rings is 2. The third-order valence-electron chi connectivity index (χ3n) is 5.06. The summed E-state index contributed by atoms with van der Waals surface area (Å²) < 4.78 is 38.4. The van der Waals surface area contributed by atoms with Gasteiger partial charge in [-0.05, 0) is 48.2 Å². The fraction of sp³-hybridized carbons (Fsp3) is 0.250. The first-order chi connectivity index (χ1) is 15.3. The molecule has 1 N–H and O–H groups in total. The number of carbonyl (C=O) groups is 1. The van der Waals surface area contributed by atoms with Crippen molar-refractivity contribution >= 4 is 23.3 Å². The molecule has 1 atom stereocenters. The average Bonchev–Trinajstić information content (AvgIpc) is 2.78. The molecule has 0 aliphatic heterocycles. The van der Waals surface area contributed by atoms with Gasteiger partial charge in [-0.1, -0.05) is 60.1 Å². The van der Waals surface area contributed by atoms with Crippen LogP contribution in [-0.2, 0) is 17.4 Å².